The van der Waals surface area contributed by atoms with Crippen LogP contribution in [0.5, 0.6) is 5.75 Å². The van der Waals surface area contributed by atoms with E-state index in [9.17, 15) is 19.5 Å². The van der Waals surface area contributed by atoms with E-state index in [1.807, 2.05) is 13.8 Å². The molecule has 0 bridgehead atoms. The predicted octanol–water partition coefficient (Wildman–Crippen LogP) is 2.00. The van der Waals surface area contributed by atoms with Gasteiger partial charge in [-0.3, -0.25) is 9.36 Å². The number of aromatic nitrogens is 3. The SMILES string of the molecule is CC(C)Oc1ccc(N=c2n(N)c(=O)n(CC3(C(=O)O)COC3)c(=O)n2Cc2ccc(Cl)cc2)cc1Cl. The van der Waals surface area contributed by atoms with Crippen LogP contribution in [-0.4, -0.2) is 44.2 Å². The van der Waals surface area contributed by atoms with Crippen LogP contribution in [0.15, 0.2) is 57.0 Å². The molecule has 3 N–H and O–H groups in total. The molecular weight excluding hydrogens is 525 g/mol. The minimum atomic E-state index is -1.41. The predicted molar refractivity (Wildman–Crippen MR) is 137 cm³/mol. The number of benzene rings is 2. The molecule has 2 aromatic carbocycles. The number of ether oxygens (including phenoxy) is 2. The van der Waals surface area contributed by atoms with Crippen molar-refractivity contribution in [2.45, 2.75) is 33.0 Å². The molecule has 0 unspecified atom stereocenters. The van der Waals surface area contributed by atoms with Crippen LogP contribution in [0.2, 0.25) is 10.0 Å². The van der Waals surface area contributed by atoms with E-state index in [0.29, 0.717) is 26.7 Å². The van der Waals surface area contributed by atoms with Gasteiger partial charge in [0, 0.05) is 5.02 Å². The smallest absolute Gasteiger partial charge is 0.353 e. The van der Waals surface area contributed by atoms with Gasteiger partial charge in [-0.05, 0) is 49.7 Å². The van der Waals surface area contributed by atoms with Gasteiger partial charge in [-0.25, -0.2) is 19.1 Å². The molecule has 2 heterocycles. The van der Waals surface area contributed by atoms with E-state index in [2.05, 4.69) is 4.99 Å². The molecular formula is C24H25Cl2N5O6. The highest BCUT2D eigenvalue weighted by atomic mass is 35.5. The molecule has 0 radical (unpaired) electrons. The Morgan fingerprint density at radius 1 is 1.14 bits per heavy atom. The standard InChI is InChI=1S/C24H25Cl2N5O6/c1-14(2)37-19-8-7-17(9-18(19)26)28-21-29(10-15-3-5-16(25)6-4-15)22(34)30(23(35)31(21)27)11-24(20(32)33)12-36-13-24/h3-9,14H,10-13,27H2,1-2H3,(H,32,33). The van der Waals surface area contributed by atoms with Crippen molar-refractivity contribution in [3.8, 4) is 5.75 Å². The lowest BCUT2D eigenvalue weighted by Gasteiger charge is -2.37. The third kappa shape index (κ3) is 5.43. The van der Waals surface area contributed by atoms with Gasteiger partial charge >= 0.3 is 17.3 Å². The number of carbonyl (C=O) groups is 1. The highest BCUT2D eigenvalue weighted by Crippen LogP contribution is 2.30. The fraction of sp³-hybridized carbons (Fsp3) is 0.333. The lowest BCUT2D eigenvalue weighted by Crippen LogP contribution is -2.61. The van der Waals surface area contributed by atoms with Gasteiger partial charge in [-0.2, -0.15) is 4.68 Å². The Hall–Kier alpha value is -3.54. The van der Waals surface area contributed by atoms with Crippen LogP contribution in [0, 0.1) is 5.41 Å². The topological polar surface area (TPSA) is 143 Å². The summed E-state index contributed by atoms with van der Waals surface area (Å²) < 4.78 is 13.4. The number of nitrogen functional groups attached to an aromatic ring is 1. The van der Waals surface area contributed by atoms with Crippen molar-refractivity contribution in [3.63, 3.8) is 0 Å². The van der Waals surface area contributed by atoms with Crippen LogP contribution in [-0.2, 0) is 22.6 Å². The molecule has 37 heavy (non-hydrogen) atoms. The Balaban J connectivity index is 1.90. The molecule has 0 saturated carbocycles. The van der Waals surface area contributed by atoms with E-state index in [1.54, 1.807) is 36.4 Å². The minimum absolute atomic E-state index is 0.0227. The van der Waals surface area contributed by atoms with Crippen LogP contribution < -0.4 is 27.6 Å². The zero-order valence-corrected chi connectivity index (χ0v) is 21.6. The first-order valence-electron chi connectivity index (χ1n) is 11.3. The molecule has 0 amide bonds. The fourth-order valence-corrected chi connectivity index (χ4v) is 4.12. The maximum Gasteiger partial charge on any atom is 0.353 e. The Labute approximate surface area is 220 Å². The number of hydrogen-bond acceptors (Lipinski definition) is 7. The van der Waals surface area contributed by atoms with Gasteiger partial charge < -0.3 is 20.4 Å². The molecule has 1 saturated heterocycles. The van der Waals surface area contributed by atoms with Crippen LogP contribution in [0.25, 0.3) is 0 Å². The average Bonchev–Trinajstić information content (AvgIpc) is 2.81. The summed E-state index contributed by atoms with van der Waals surface area (Å²) in [6, 6.07) is 11.5. The molecule has 0 spiro atoms. The fourth-order valence-electron chi connectivity index (χ4n) is 3.78. The van der Waals surface area contributed by atoms with Crippen LogP contribution in [0.1, 0.15) is 19.4 Å². The maximum absolute atomic E-state index is 13.6. The Bertz CT molecular complexity index is 1520. The summed E-state index contributed by atoms with van der Waals surface area (Å²) in [5.41, 5.74) is -2.29. The van der Waals surface area contributed by atoms with Crippen molar-refractivity contribution >= 4 is 34.9 Å². The number of rotatable bonds is 8. The number of halogens is 2. The van der Waals surface area contributed by atoms with E-state index in [4.69, 9.17) is 38.5 Å². The van der Waals surface area contributed by atoms with Crippen LogP contribution >= 0.6 is 23.2 Å². The van der Waals surface area contributed by atoms with Crippen molar-refractivity contribution in [1.29, 1.82) is 0 Å². The zero-order chi connectivity index (χ0) is 26.9. The van der Waals surface area contributed by atoms with E-state index in [-0.39, 0.29) is 36.5 Å². The monoisotopic (exact) mass is 549 g/mol. The van der Waals surface area contributed by atoms with E-state index in [0.717, 1.165) is 4.57 Å². The van der Waals surface area contributed by atoms with E-state index in [1.165, 1.54) is 10.6 Å². The molecule has 196 valence electrons. The van der Waals surface area contributed by atoms with Gasteiger partial charge in [0.15, 0.2) is 0 Å². The van der Waals surface area contributed by atoms with Crippen molar-refractivity contribution in [3.05, 3.63) is 84.7 Å². The number of nitrogens with two attached hydrogens (primary N) is 1. The normalized spacial score (nSPS) is 15.0. The first-order chi connectivity index (χ1) is 17.5. The van der Waals surface area contributed by atoms with Gasteiger partial charge in [0.25, 0.3) is 0 Å². The second kappa shape index (κ2) is 10.4. The highest BCUT2D eigenvalue weighted by Gasteiger charge is 2.47. The second-order valence-corrected chi connectivity index (χ2v) is 9.85. The Morgan fingerprint density at radius 3 is 2.35 bits per heavy atom. The Kier molecular flexibility index (Phi) is 7.49. The van der Waals surface area contributed by atoms with Crippen LogP contribution in [0.4, 0.5) is 5.69 Å². The summed E-state index contributed by atoms with van der Waals surface area (Å²) in [7, 11) is 0. The van der Waals surface area contributed by atoms with Gasteiger partial charge in [-0.15, -0.1) is 0 Å². The second-order valence-electron chi connectivity index (χ2n) is 9.01. The van der Waals surface area contributed by atoms with Gasteiger partial charge in [-0.1, -0.05) is 35.3 Å². The summed E-state index contributed by atoms with van der Waals surface area (Å²) in [4.78, 5) is 43.1. The first-order valence-corrected chi connectivity index (χ1v) is 12.0. The summed E-state index contributed by atoms with van der Waals surface area (Å²) >= 11 is 12.3. The van der Waals surface area contributed by atoms with Crippen molar-refractivity contribution in [1.82, 2.24) is 13.8 Å². The largest absolute Gasteiger partial charge is 0.489 e. The third-order valence-corrected chi connectivity index (χ3v) is 6.34. The van der Waals surface area contributed by atoms with Gasteiger partial charge in [0.2, 0.25) is 5.62 Å². The maximum atomic E-state index is 13.6. The molecule has 0 atom stereocenters. The zero-order valence-electron chi connectivity index (χ0n) is 20.1. The molecule has 1 aliphatic heterocycles. The molecule has 1 aromatic heterocycles. The van der Waals surface area contributed by atoms with Gasteiger partial charge in [0.1, 0.15) is 11.2 Å². The molecule has 0 aliphatic carbocycles. The quantitative estimate of drug-likeness (QED) is 0.409. The highest BCUT2D eigenvalue weighted by molar-refractivity contribution is 6.32. The molecule has 3 aromatic rings. The van der Waals surface area contributed by atoms with Crippen molar-refractivity contribution < 1.29 is 19.4 Å². The number of carboxylic acids is 1. The van der Waals surface area contributed by atoms with E-state index < -0.39 is 29.3 Å². The summed E-state index contributed by atoms with van der Waals surface area (Å²) in [5.74, 6) is 5.41. The number of carboxylic acid groups (broad SMARTS) is 1. The van der Waals surface area contributed by atoms with Crippen LogP contribution in [0.3, 0.4) is 0 Å². The number of nitrogens with zero attached hydrogens (tertiary/aromatic N) is 4. The lowest BCUT2D eigenvalue weighted by atomic mass is 9.86. The number of aliphatic carboxylic acids is 1. The summed E-state index contributed by atoms with van der Waals surface area (Å²) in [6.45, 7) is 3.02. The summed E-state index contributed by atoms with van der Waals surface area (Å²) in [5, 5.41) is 10.5. The minimum Gasteiger partial charge on any atom is -0.489 e. The van der Waals surface area contributed by atoms with Crippen molar-refractivity contribution in [2.24, 2.45) is 10.4 Å². The van der Waals surface area contributed by atoms with Gasteiger partial charge in [0.05, 0.1) is 43.1 Å². The molecule has 1 aliphatic rings. The molecule has 4 rings (SSSR count). The molecule has 1 fully saturated rings. The van der Waals surface area contributed by atoms with Crippen molar-refractivity contribution in [2.75, 3.05) is 19.1 Å². The number of hydrogen-bond donors (Lipinski definition) is 2. The molecule has 11 nitrogen and oxygen atoms in total. The first kappa shape index (κ1) is 26.5. The third-order valence-electron chi connectivity index (χ3n) is 5.79. The average molecular weight is 550 g/mol. The van der Waals surface area contributed by atoms with E-state index >= 15 is 0 Å². The molecule has 13 heteroatoms. The Morgan fingerprint density at radius 2 is 1.81 bits per heavy atom. The summed E-state index contributed by atoms with van der Waals surface area (Å²) in [6.07, 6.45) is -0.0983. The lowest BCUT2D eigenvalue weighted by molar-refractivity contribution is -0.182.